The summed E-state index contributed by atoms with van der Waals surface area (Å²) in [7, 11) is 0. The van der Waals surface area contributed by atoms with Gasteiger partial charge in [0.15, 0.2) is 17.3 Å². The highest BCUT2D eigenvalue weighted by Crippen LogP contribution is 2.36. The van der Waals surface area contributed by atoms with Gasteiger partial charge in [0.2, 0.25) is 0 Å². The van der Waals surface area contributed by atoms with Crippen molar-refractivity contribution in [2.24, 2.45) is 0 Å². The maximum absolute atomic E-state index is 12.9. The van der Waals surface area contributed by atoms with E-state index in [1.807, 2.05) is 0 Å². The second-order valence-corrected chi connectivity index (χ2v) is 4.72. The van der Waals surface area contributed by atoms with Crippen molar-refractivity contribution >= 4 is 17.4 Å². The van der Waals surface area contributed by atoms with Crippen LogP contribution in [0, 0.1) is 5.82 Å². The molecule has 1 aliphatic heterocycles. The normalized spacial score (nSPS) is 13.1. The SMILES string of the molecule is O=C(c1ccc(F)cc1)c1cc2c(cc1Cl)OCCO2. The van der Waals surface area contributed by atoms with Gasteiger partial charge in [-0.3, -0.25) is 4.79 Å². The Bertz CT molecular complexity index is 668. The summed E-state index contributed by atoms with van der Waals surface area (Å²) >= 11 is 6.11. The lowest BCUT2D eigenvalue weighted by Crippen LogP contribution is -2.16. The van der Waals surface area contributed by atoms with Crippen LogP contribution in [-0.2, 0) is 0 Å². The predicted molar refractivity (Wildman–Crippen MR) is 72.3 cm³/mol. The van der Waals surface area contributed by atoms with Gasteiger partial charge in [-0.1, -0.05) is 11.6 Å². The Morgan fingerprint density at radius 1 is 1.05 bits per heavy atom. The third-order valence-electron chi connectivity index (χ3n) is 2.98. The van der Waals surface area contributed by atoms with Crippen LogP contribution in [0.4, 0.5) is 4.39 Å². The first-order valence-corrected chi connectivity index (χ1v) is 6.42. The number of halogens is 2. The Morgan fingerprint density at radius 3 is 2.30 bits per heavy atom. The Labute approximate surface area is 119 Å². The van der Waals surface area contributed by atoms with Crippen LogP contribution >= 0.6 is 11.6 Å². The highest BCUT2D eigenvalue weighted by Gasteiger charge is 2.19. The van der Waals surface area contributed by atoms with E-state index in [1.54, 1.807) is 12.1 Å². The lowest BCUT2D eigenvalue weighted by Gasteiger charge is -2.19. The average molecular weight is 293 g/mol. The van der Waals surface area contributed by atoms with Gasteiger partial charge in [-0.15, -0.1) is 0 Å². The highest BCUT2D eigenvalue weighted by molar-refractivity contribution is 6.35. The molecule has 2 aromatic rings. The summed E-state index contributed by atoms with van der Waals surface area (Å²) in [5.41, 5.74) is 0.674. The van der Waals surface area contributed by atoms with E-state index in [4.69, 9.17) is 21.1 Å². The van der Waals surface area contributed by atoms with Crippen molar-refractivity contribution in [2.75, 3.05) is 13.2 Å². The standard InChI is InChI=1S/C15H10ClFO3/c16-12-8-14-13(19-5-6-20-14)7-11(12)15(18)9-1-3-10(17)4-2-9/h1-4,7-8H,5-6H2. The Balaban J connectivity index is 2.01. The van der Waals surface area contributed by atoms with Crippen LogP contribution in [0.5, 0.6) is 11.5 Å². The fourth-order valence-electron chi connectivity index (χ4n) is 1.99. The predicted octanol–water partition coefficient (Wildman–Crippen LogP) is 3.48. The molecule has 3 nitrogen and oxygen atoms in total. The number of hydrogen-bond acceptors (Lipinski definition) is 3. The summed E-state index contributed by atoms with van der Waals surface area (Å²) in [5.74, 6) is 0.338. The molecular formula is C15H10ClFO3. The van der Waals surface area contributed by atoms with Crippen molar-refractivity contribution < 1.29 is 18.7 Å². The molecule has 0 saturated heterocycles. The zero-order valence-corrected chi connectivity index (χ0v) is 11.1. The summed E-state index contributed by atoms with van der Waals surface area (Å²) in [6, 6.07) is 8.43. The number of fused-ring (bicyclic) bond motifs is 1. The van der Waals surface area contributed by atoms with Crippen molar-refractivity contribution in [2.45, 2.75) is 0 Å². The zero-order chi connectivity index (χ0) is 14.1. The number of carbonyl (C=O) groups is 1. The molecule has 0 radical (unpaired) electrons. The van der Waals surface area contributed by atoms with E-state index in [0.717, 1.165) is 0 Å². The lowest BCUT2D eigenvalue weighted by atomic mass is 10.0. The molecule has 1 aliphatic rings. The van der Waals surface area contributed by atoms with E-state index < -0.39 is 5.82 Å². The smallest absolute Gasteiger partial charge is 0.194 e. The molecular weight excluding hydrogens is 283 g/mol. The number of rotatable bonds is 2. The van der Waals surface area contributed by atoms with Gasteiger partial charge < -0.3 is 9.47 Å². The van der Waals surface area contributed by atoms with Crippen LogP contribution in [0.25, 0.3) is 0 Å². The van der Waals surface area contributed by atoms with E-state index in [2.05, 4.69) is 0 Å². The maximum atomic E-state index is 12.9. The quantitative estimate of drug-likeness (QED) is 0.795. The van der Waals surface area contributed by atoms with Gasteiger partial charge >= 0.3 is 0 Å². The van der Waals surface area contributed by atoms with Crippen LogP contribution in [0.15, 0.2) is 36.4 Å². The minimum absolute atomic E-state index is 0.281. The molecule has 0 spiro atoms. The number of ketones is 1. The van der Waals surface area contributed by atoms with E-state index >= 15 is 0 Å². The molecule has 0 saturated carbocycles. The molecule has 5 heteroatoms. The van der Waals surface area contributed by atoms with Crippen LogP contribution < -0.4 is 9.47 Å². The molecule has 0 aliphatic carbocycles. The molecule has 0 amide bonds. The van der Waals surface area contributed by atoms with Crippen molar-refractivity contribution in [3.05, 3.63) is 58.4 Å². The molecule has 0 fully saturated rings. The van der Waals surface area contributed by atoms with E-state index in [1.165, 1.54) is 24.3 Å². The molecule has 0 aromatic heterocycles. The number of hydrogen-bond donors (Lipinski definition) is 0. The van der Waals surface area contributed by atoms with Crippen LogP contribution in [0.1, 0.15) is 15.9 Å². The van der Waals surface area contributed by atoms with Crippen molar-refractivity contribution in [3.8, 4) is 11.5 Å². The van der Waals surface area contributed by atoms with Crippen molar-refractivity contribution in [1.82, 2.24) is 0 Å². The zero-order valence-electron chi connectivity index (χ0n) is 10.4. The second kappa shape index (κ2) is 5.13. The first-order chi connectivity index (χ1) is 9.65. The molecule has 0 bridgehead atoms. The topological polar surface area (TPSA) is 35.5 Å². The van der Waals surface area contributed by atoms with Gasteiger partial charge in [0.05, 0.1) is 5.02 Å². The van der Waals surface area contributed by atoms with Gasteiger partial charge in [-0.25, -0.2) is 4.39 Å². The second-order valence-electron chi connectivity index (χ2n) is 4.31. The molecule has 2 aromatic carbocycles. The van der Waals surface area contributed by atoms with Gasteiger partial charge in [0.25, 0.3) is 0 Å². The van der Waals surface area contributed by atoms with Crippen LogP contribution in [0.3, 0.4) is 0 Å². The van der Waals surface area contributed by atoms with E-state index in [9.17, 15) is 9.18 Å². The summed E-state index contributed by atoms with van der Waals surface area (Å²) < 4.78 is 23.7. The van der Waals surface area contributed by atoms with Crippen LogP contribution in [-0.4, -0.2) is 19.0 Å². The Morgan fingerprint density at radius 2 is 1.65 bits per heavy atom. The highest BCUT2D eigenvalue weighted by atomic mass is 35.5. The van der Waals surface area contributed by atoms with Gasteiger partial charge in [-0.2, -0.15) is 0 Å². The van der Waals surface area contributed by atoms with Crippen molar-refractivity contribution in [1.29, 1.82) is 0 Å². The van der Waals surface area contributed by atoms with Gasteiger partial charge in [-0.05, 0) is 30.3 Å². The largest absolute Gasteiger partial charge is 0.486 e. The summed E-state index contributed by atoms with van der Waals surface area (Å²) in [6.45, 7) is 0.882. The molecule has 20 heavy (non-hydrogen) atoms. The molecule has 0 N–H and O–H groups in total. The fraction of sp³-hybridized carbons (Fsp3) is 0.133. The maximum Gasteiger partial charge on any atom is 0.194 e. The first-order valence-electron chi connectivity index (χ1n) is 6.04. The molecule has 1 heterocycles. The molecule has 0 unspecified atom stereocenters. The average Bonchev–Trinajstić information content (AvgIpc) is 2.46. The number of carbonyl (C=O) groups excluding carboxylic acids is 1. The molecule has 3 rings (SSSR count). The van der Waals surface area contributed by atoms with Gasteiger partial charge in [0.1, 0.15) is 19.0 Å². The minimum atomic E-state index is -0.394. The fourth-order valence-corrected chi connectivity index (χ4v) is 2.23. The Hall–Kier alpha value is -2.07. The minimum Gasteiger partial charge on any atom is -0.486 e. The lowest BCUT2D eigenvalue weighted by molar-refractivity contribution is 0.103. The van der Waals surface area contributed by atoms with Crippen LogP contribution in [0.2, 0.25) is 5.02 Å². The third kappa shape index (κ3) is 2.34. The van der Waals surface area contributed by atoms with E-state index in [0.29, 0.717) is 35.8 Å². The number of benzene rings is 2. The van der Waals surface area contributed by atoms with Gasteiger partial charge in [0, 0.05) is 17.2 Å². The summed E-state index contributed by atoms with van der Waals surface area (Å²) in [4.78, 5) is 12.4. The summed E-state index contributed by atoms with van der Waals surface area (Å²) in [6.07, 6.45) is 0. The molecule has 102 valence electrons. The molecule has 0 atom stereocenters. The van der Waals surface area contributed by atoms with Crippen molar-refractivity contribution in [3.63, 3.8) is 0 Å². The number of ether oxygens (including phenoxy) is 2. The summed E-state index contributed by atoms with van der Waals surface area (Å²) in [5, 5.41) is 0.281. The third-order valence-corrected chi connectivity index (χ3v) is 3.30. The monoisotopic (exact) mass is 292 g/mol. The van der Waals surface area contributed by atoms with E-state index in [-0.39, 0.29) is 10.8 Å². The Kier molecular flexibility index (Phi) is 3.32. The first kappa shape index (κ1) is 12.9.